The van der Waals surface area contributed by atoms with E-state index in [1.165, 1.54) is 5.56 Å². The molecule has 6 nitrogen and oxygen atoms in total. The summed E-state index contributed by atoms with van der Waals surface area (Å²) in [6, 6.07) is 8.23. The first kappa shape index (κ1) is 25.5. The van der Waals surface area contributed by atoms with Crippen LogP contribution in [0.2, 0.25) is 0 Å². The fraction of sp³-hybridized carbons (Fsp3) is 0.636. The molecule has 2 N–H and O–H groups in total. The number of nitrogens with zero attached hydrogens (tertiary/aromatic N) is 2. The topological polar surface area (TPSA) is 66.0 Å². The molecule has 0 saturated carbocycles. The molecule has 1 saturated heterocycles. The number of benzene rings is 1. The van der Waals surface area contributed by atoms with E-state index >= 15 is 0 Å². The van der Waals surface area contributed by atoms with Crippen molar-refractivity contribution in [2.45, 2.75) is 45.4 Å². The van der Waals surface area contributed by atoms with Crippen molar-refractivity contribution in [2.75, 3.05) is 40.3 Å². The summed E-state index contributed by atoms with van der Waals surface area (Å²) in [4.78, 5) is 18.2. The minimum atomic E-state index is 0. The van der Waals surface area contributed by atoms with Crippen LogP contribution in [0, 0.1) is 5.92 Å². The Bertz CT molecular complexity index is 665. The first-order chi connectivity index (χ1) is 13.3. The molecule has 1 aliphatic rings. The molecule has 7 heteroatoms. The molecular weight excluding hydrogens is 479 g/mol. The molecule has 164 valence electrons. The van der Waals surface area contributed by atoms with Crippen molar-refractivity contribution in [3.05, 3.63) is 29.8 Å². The second-order valence-electron chi connectivity index (χ2n) is 8.38. The molecule has 29 heavy (non-hydrogen) atoms. The highest BCUT2D eigenvalue weighted by Crippen LogP contribution is 2.30. The highest BCUT2D eigenvalue weighted by Gasteiger charge is 2.23. The summed E-state index contributed by atoms with van der Waals surface area (Å²) in [6.07, 6.45) is 2.66. The molecule has 0 spiro atoms. The van der Waals surface area contributed by atoms with Crippen molar-refractivity contribution < 1.29 is 9.53 Å². The fourth-order valence-corrected chi connectivity index (χ4v) is 3.58. The Balaban J connectivity index is 0.00000420. The maximum absolute atomic E-state index is 11.6. The third kappa shape index (κ3) is 8.03. The summed E-state index contributed by atoms with van der Waals surface area (Å²) in [5.41, 5.74) is 1.27. The number of carbonyl (C=O) groups is 1. The molecule has 0 radical (unpaired) electrons. The number of para-hydroxylation sites is 1. The van der Waals surface area contributed by atoms with Gasteiger partial charge in [-0.1, -0.05) is 39.0 Å². The Morgan fingerprint density at radius 2 is 1.90 bits per heavy atom. The molecule has 0 unspecified atom stereocenters. The summed E-state index contributed by atoms with van der Waals surface area (Å²) in [7, 11) is 3.51. The van der Waals surface area contributed by atoms with E-state index in [0.29, 0.717) is 25.5 Å². The smallest absolute Gasteiger partial charge is 0.220 e. The number of amides is 1. The second-order valence-corrected chi connectivity index (χ2v) is 8.38. The highest BCUT2D eigenvalue weighted by atomic mass is 127. The summed E-state index contributed by atoms with van der Waals surface area (Å²) < 4.78 is 6.04. The zero-order chi connectivity index (χ0) is 20.6. The second kappa shape index (κ2) is 12.2. The number of halogens is 1. The lowest BCUT2D eigenvalue weighted by Gasteiger charge is -2.34. The van der Waals surface area contributed by atoms with Crippen molar-refractivity contribution >= 4 is 35.8 Å². The zero-order valence-electron chi connectivity index (χ0n) is 18.5. The molecule has 1 heterocycles. The Kier molecular flexibility index (Phi) is 10.8. The normalized spacial score (nSPS) is 15.5. The minimum Gasteiger partial charge on any atom is -0.491 e. The van der Waals surface area contributed by atoms with Crippen LogP contribution in [0.25, 0.3) is 0 Å². The van der Waals surface area contributed by atoms with Gasteiger partial charge < -0.3 is 20.3 Å². The van der Waals surface area contributed by atoms with Crippen LogP contribution in [0.5, 0.6) is 5.75 Å². The van der Waals surface area contributed by atoms with Crippen LogP contribution < -0.4 is 15.4 Å². The largest absolute Gasteiger partial charge is 0.491 e. The lowest BCUT2D eigenvalue weighted by Crippen LogP contribution is -2.47. The fourth-order valence-electron chi connectivity index (χ4n) is 3.58. The van der Waals surface area contributed by atoms with Gasteiger partial charge in [0.2, 0.25) is 5.91 Å². The Labute approximate surface area is 192 Å². The van der Waals surface area contributed by atoms with Crippen LogP contribution in [-0.4, -0.2) is 57.1 Å². The molecule has 1 fully saturated rings. The number of aliphatic imine (C=N–C) groups is 1. The molecule has 0 aromatic heterocycles. The Morgan fingerprint density at radius 1 is 1.24 bits per heavy atom. The van der Waals surface area contributed by atoms with E-state index in [9.17, 15) is 4.79 Å². The number of hydrogen-bond donors (Lipinski definition) is 2. The van der Waals surface area contributed by atoms with Crippen molar-refractivity contribution in [1.82, 2.24) is 15.5 Å². The van der Waals surface area contributed by atoms with E-state index in [-0.39, 0.29) is 35.3 Å². The zero-order valence-corrected chi connectivity index (χ0v) is 20.8. The predicted octanol–water partition coefficient (Wildman–Crippen LogP) is 3.40. The maximum Gasteiger partial charge on any atom is 0.220 e. The summed E-state index contributed by atoms with van der Waals surface area (Å²) in [5.74, 6) is 2.45. The summed E-state index contributed by atoms with van der Waals surface area (Å²) in [5, 5.41) is 6.12. The first-order valence-electron chi connectivity index (χ1n) is 10.2. The first-order valence-corrected chi connectivity index (χ1v) is 10.2. The van der Waals surface area contributed by atoms with Crippen molar-refractivity contribution in [3.8, 4) is 5.75 Å². The number of carbonyl (C=O) groups excluding carboxylic acids is 1. The van der Waals surface area contributed by atoms with Crippen molar-refractivity contribution in [2.24, 2.45) is 10.9 Å². The number of rotatable bonds is 6. The van der Waals surface area contributed by atoms with Crippen LogP contribution in [0.15, 0.2) is 29.3 Å². The third-order valence-electron chi connectivity index (χ3n) is 5.22. The van der Waals surface area contributed by atoms with Crippen molar-refractivity contribution in [3.63, 3.8) is 0 Å². The minimum absolute atomic E-state index is 0. The SMILES string of the molecule is CN=C(NCCOc1ccccc1C(C)(C)C)N1CCC(CC(=O)NC)CC1.I. The van der Waals surface area contributed by atoms with Crippen molar-refractivity contribution in [1.29, 1.82) is 0 Å². The van der Waals surface area contributed by atoms with E-state index in [0.717, 1.165) is 37.6 Å². The van der Waals surface area contributed by atoms with E-state index in [2.05, 4.69) is 53.4 Å². The number of likely N-dealkylation sites (tertiary alicyclic amines) is 1. The molecule has 0 atom stereocenters. The van der Waals surface area contributed by atoms with E-state index in [4.69, 9.17) is 4.74 Å². The van der Waals surface area contributed by atoms with Gasteiger partial charge in [0.15, 0.2) is 5.96 Å². The molecular formula is C22H37IN4O2. The van der Waals surface area contributed by atoms with Gasteiger partial charge in [0.25, 0.3) is 0 Å². The standard InChI is InChI=1S/C22H36N4O2.HI/c1-22(2,3)18-8-6-7-9-19(18)28-15-12-25-21(24-5)26-13-10-17(11-14-26)16-20(27)23-4;/h6-9,17H,10-16H2,1-5H3,(H,23,27)(H,24,25);1H. The molecule has 1 aromatic rings. The van der Waals surface area contributed by atoms with Gasteiger partial charge >= 0.3 is 0 Å². The number of piperidine rings is 1. The van der Waals surface area contributed by atoms with E-state index < -0.39 is 0 Å². The molecule has 2 rings (SSSR count). The van der Waals surface area contributed by atoms with Gasteiger partial charge in [-0.05, 0) is 35.8 Å². The lowest BCUT2D eigenvalue weighted by atomic mass is 9.86. The third-order valence-corrected chi connectivity index (χ3v) is 5.22. The number of hydrogen-bond acceptors (Lipinski definition) is 3. The van der Waals surface area contributed by atoms with Crippen LogP contribution >= 0.6 is 24.0 Å². The monoisotopic (exact) mass is 516 g/mol. The number of ether oxygens (including phenoxy) is 1. The summed E-state index contributed by atoms with van der Waals surface area (Å²) in [6.45, 7) is 9.72. The van der Waals surface area contributed by atoms with Gasteiger partial charge in [0.05, 0.1) is 6.54 Å². The van der Waals surface area contributed by atoms with Gasteiger partial charge in [0, 0.05) is 33.6 Å². The van der Waals surface area contributed by atoms with Crippen LogP contribution in [0.4, 0.5) is 0 Å². The average molecular weight is 516 g/mol. The Hall–Kier alpha value is -1.51. The van der Waals surface area contributed by atoms with Gasteiger partial charge in [-0.25, -0.2) is 0 Å². The average Bonchev–Trinajstić information content (AvgIpc) is 2.68. The van der Waals surface area contributed by atoms with Gasteiger partial charge in [-0.2, -0.15) is 0 Å². The number of nitrogens with one attached hydrogen (secondary N) is 2. The van der Waals surface area contributed by atoms with Gasteiger partial charge in [0.1, 0.15) is 12.4 Å². The lowest BCUT2D eigenvalue weighted by molar-refractivity contribution is -0.121. The Morgan fingerprint density at radius 3 is 2.48 bits per heavy atom. The van der Waals surface area contributed by atoms with Gasteiger partial charge in [-0.15, -0.1) is 24.0 Å². The molecule has 0 aliphatic carbocycles. The van der Waals surface area contributed by atoms with Crippen LogP contribution in [0.3, 0.4) is 0 Å². The van der Waals surface area contributed by atoms with Crippen LogP contribution in [-0.2, 0) is 10.2 Å². The summed E-state index contributed by atoms with van der Waals surface area (Å²) >= 11 is 0. The van der Waals surface area contributed by atoms with Gasteiger partial charge in [-0.3, -0.25) is 9.79 Å². The highest BCUT2D eigenvalue weighted by molar-refractivity contribution is 14.0. The van der Waals surface area contributed by atoms with E-state index in [1.54, 1.807) is 7.05 Å². The van der Waals surface area contributed by atoms with E-state index in [1.807, 2.05) is 19.2 Å². The quantitative estimate of drug-likeness (QED) is 0.263. The molecule has 1 aliphatic heterocycles. The number of guanidine groups is 1. The predicted molar refractivity (Wildman–Crippen MR) is 130 cm³/mol. The molecule has 1 aromatic carbocycles. The van der Waals surface area contributed by atoms with Crippen LogP contribution in [0.1, 0.15) is 45.6 Å². The molecule has 1 amide bonds. The molecule has 0 bridgehead atoms. The maximum atomic E-state index is 11.6.